The number of phenols is 1. The molecule has 37 heavy (non-hydrogen) atoms. The largest absolute Gasteiger partial charge is 0.508 e. The van der Waals surface area contributed by atoms with Crippen LogP contribution in [0.4, 0.5) is 4.39 Å². The summed E-state index contributed by atoms with van der Waals surface area (Å²) in [5.74, 6) is 1.95. The molecule has 0 unspecified atom stereocenters. The molecule has 0 aliphatic carbocycles. The monoisotopic (exact) mass is 512 g/mol. The van der Waals surface area contributed by atoms with Crippen LogP contribution in [0, 0.1) is 0 Å². The number of fused-ring (bicyclic) bond motifs is 2. The first-order valence-electron chi connectivity index (χ1n) is 12.8. The quantitative estimate of drug-likeness (QED) is 0.294. The first-order valence-corrected chi connectivity index (χ1v) is 13.8. The van der Waals surface area contributed by atoms with E-state index in [9.17, 15) is 9.50 Å². The first-order chi connectivity index (χ1) is 18.2. The Labute approximate surface area is 220 Å². The molecule has 6 heteroatoms. The van der Waals surface area contributed by atoms with Crippen molar-refractivity contribution in [3.63, 3.8) is 0 Å². The number of halogens is 1. The Kier molecular flexibility index (Phi) is 6.85. The number of hydrogen-bond acceptors (Lipinski definition) is 5. The van der Waals surface area contributed by atoms with Gasteiger partial charge in [0.15, 0.2) is 0 Å². The molecule has 1 aromatic heterocycles. The van der Waals surface area contributed by atoms with Gasteiger partial charge in [-0.05, 0) is 89.2 Å². The fourth-order valence-corrected chi connectivity index (χ4v) is 6.46. The zero-order valence-corrected chi connectivity index (χ0v) is 21.4. The van der Waals surface area contributed by atoms with Gasteiger partial charge >= 0.3 is 0 Å². The Bertz CT molecular complexity index is 1450. The lowest BCUT2D eigenvalue weighted by Crippen LogP contribution is -2.26. The fourth-order valence-electron chi connectivity index (χ4n) is 5.31. The number of hydrogen-bond donors (Lipinski definition) is 1. The minimum Gasteiger partial charge on any atom is -0.508 e. The Morgan fingerprint density at radius 3 is 2.76 bits per heavy atom. The van der Waals surface area contributed by atoms with E-state index in [1.165, 1.54) is 16.7 Å². The number of likely N-dealkylation sites (tertiary alicyclic amines) is 1. The van der Waals surface area contributed by atoms with Gasteiger partial charge in [-0.15, -0.1) is 11.8 Å². The van der Waals surface area contributed by atoms with E-state index >= 15 is 0 Å². The molecule has 1 fully saturated rings. The number of phenolic OH excluding ortho intramolecular Hbond substituents is 1. The standard InChI is InChI=1S/C31H29FN2O2S/c32-13-2-15-34-16-12-26(19-34)36-25-8-4-21(5-9-25)31-27-10-7-24(35)18-30(27)37-20-28(31)22-6-11-29-23(17-22)3-1-14-33-29/h1,3-11,14,17-18,26,35H,2,12-13,15-16,19-20H2/t26-/m0/s1. The third kappa shape index (κ3) is 5.09. The van der Waals surface area contributed by atoms with Gasteiger partial charge in [0.2, 0.25) is 0 Å². The van der Waals surface area contributed by atoms with Crippen molar-refractivity contribution in [1.29, 1.82) is 0 Å². The number of nitrogens with zero attached hydrogens (tertiary/aromatic N) is 2. The van der Waals surface area contributed by atoms with Gasteiger partial charge in [-0.2, -0.15) is 0 Å². The van der Waals surface area contributed by atoms with Crippen LogP contribution in [0.1, 0.15) is 29.5 Å². The smallest absolute Gasteiger partial charge is 0.119 e. The third-order valence-electron chi connectivity index (χ3n) is 7.14. The minimum atomic E-state index is -0.265. The van der Waals surface area contributed by atoms with Gasteiger partial charge < -0.3 is 9.84 Å². The van der Waals surface area contributed by atoms with E-state index < -0.39 is 0 Å². The molecule has 3 aromatic carbocycles. The number of benzene rings is 3. The molecule has 3 heterocycles. The van der Waals surface area contributed by atoms with E-state index in [4.69, 9.17) is 4.74 Å². The SMILES string of the molecule is Oc1ccc2c(c1)SCC(c1ccc3ncccc3c1)=C2c1ccc(O[C@H]2CCN(CCCF)C2)cc1. The number of rotatable bonds is 7. The normalized spacial score (nSPS) is 17.8. The summed E-state index contributed by atoms with van der Waals surface area (Å²) in [6, 6.07) is 24.5. The molecule has 0 amide bonds. The molecule has 188 valence electrons. The van der Waals surface area contributed by atoms with E-state index in [2.05, 4.69) is 58.4 Å². The molecule has 1 atom stereocenters. The molecule has 2 aliphatic rings. The van der Waals surface area contributed by atoms with Gasteiger partial charge in [-0.1, -0.05) is 24.3 Å². The second-order valence-corrected chi connectivity index (χ2v) is 10.6. The maximum Gasteiger partial charge on any atom is 0.119 e. The van der Waals surface area contributed by atoms with Crippen molar-refractivity contribution in [2.24, 2.45) is 0 Å². The summed E-state index contributed by atoms with van der Waals surface area (Å²) in [4.78, 5) is 7.84. The van der Waals surface area contributed by atoms with Crippen LogP contribution in [-0.2, 0) is 0 Å². The van der Waals surface area contributed by atoms with Crippen molar-refractivity contribution < 1.29 is 14.2 Å². The minimum absolute atomic E-state index is 0.140. The van der Waals surface area contributed by atoms with Crippen LogP contribution >= 0.6 is 11.8 Å². The summed E-state index contributed by atoms with van der Waals surface area (Å²) >= 11 is 1.75. The highest BCUT2D eigenvalue weighted by Gasteiger charge is 2.25. The lowest BCUT2D eigenvalue weighted by atomic mass is 9.89. The number of ether oxygens (including phenoxy) is 1. The summed E-state index contributed by atoms with van der Waals surface area (Å²) in [5.41, 5.74) is 6.86. The highest BCUT2D eigenvalue weighted by molar-refractivity contribution is 7.99. The van der Waals surface area contributed by atoms with E-state index in [1.54, 1.807) is 17.8 Å². The zero-order valence-electron chi connectivity index (χ0n) is 20.6. The maximum absolute atomic E-state index is 12.5. The van der Waals surface area contributed by atoms with Crippen molar-refractivity contribution in [2.75, 3.05) is 32.1 Å². The average Bonchev–Trinajstić information content (AvgIpc) is 3.38. The van der Waals surface area contributed by atoms with Gasteiger partial charge in [-0.25, -0.2) is 0 Å². The van der Waals surface area contributed by atoms with E-state index in [-0.39, 0.29) is 18.5 Å². The molecule has 0 spiro atoms. The average molecular weight is 513 g/mol. The summed E-state index contributed by atoms with van der Waals surface area (Å²) < 4.78 is 18.8. The molecule has 6 rings (SSSR count). The summed E-state index contributed by atoms with van der Waals surface area (Å²) in [5, 5.41) is 11.2. The molecule has 0 saturated carbocycles. The summed E-state index contributed by atoms with van der Waals surface area (Å²) in [7, 11) is 0. The van der Waals surface area contributed by atoms with E-state index in [0.29, 0.717) is 6.42 Å². The molecule has 4 aromatic rings. The molecule has 1 saturated heterocycles. The van der Waals surface area contributed by atoms with Crippen molar-refractivity contribution in [3.8, 4) is 11.5 Å². The van der Waals surface area contributed by atoms with E-state index in [0.717, 1.165) is 64.5 Å². The van der Waals surface area contributed by atoms with Crippen LogP contribution < -0.4 is 4.74 Å². The summed E-state index contributed by atoms with van der Waals surface area (Å²) in [6.45, 7) is 2.34. The Balaban J connectivity index is 1.33. The van der Waals surface area contributed by atoms with Crippen molar-refractivity contribution in [1.82, 2.24) is 9.88 Å². The molecular formula is C31H29FN2O2S. The molecule has 0 radical (unpaired) electrons. The van der Waals surface area contributed by atoms with Crippen molar-refractivity contribution >= 4 is 33.8 Å². The number of alkyl halides is 1. The highest BCUT2D eigenvalue weighted by atomic mass is 32.2. The fraction of sp³-hybridized carbons (Fsp3) is 0.258. The first kappa shape index (κ1) is 24.0. The van der Waals surface area contributed by atoms with Crippen molar-refractivity contribution in [2.45, 2.75) is 23.8 Å². The molecule has 4 nitrogen and oxygen atoms in total. The molecule has 1 N–H and O–H groups in total. The lowest BCUT2D eigenvalue weighted by molar-refractivity contribution is 0.198. The maximum atomic E-state index is 12.5. The van der Waals surface area contributed by atoms with Gasteiger partial charge in [0.05, 0.1) is 12.2 Å². The van der Waals surface area contributed by atoms with Gasteiger partial charge in [0.1, 0.15) is 17.6 Å². The number of pyridine rings is 1. The zero-order chi connectivity index (χ0) is 25.2. The highest BCUT2D eigenvalue weighted by Crippen LogP contribution is 2.45. The molecule has 0 bridgehead atoms. The second-order valence-electron chi connectivity index (χ2n) is 9.63. The van der Waals surface area contributed by atoms with Gasteiger partial charge in [0.25, 0.3) is 0 Å². The number of aromatic hydroxyl groups is 1. The molecule has 2 aliphatic heterocycles. The second kappa shape index (κ2) is 10.6. The Hall–Kier alpha value is -3.35. The Morgan fingerprint density at radius 2 is 1.89 bits per heavy atom. The van der Waals surface area contributed by atoms with Crippen molar-refractivity contribution in [3.05, 3.63) is 95.7 Å². The van der Waals surface area contributed by atoms with Gasteiger partial charge in [-0.3, -0.25) is 14.3 Å². The number of aromatic nitrogens is 1. The van der Waals surface area contributed by atoms with Gasteiger partial charge in [0, 0.05) is 41.9 Å². The lowest BCUT2D eigenvalue weighted by Gasteiger charge is -2.24. The Morgan fingerprint density at radius 1 is 1.03 bits per heavy atom. The molecular weight excluding hydrogens is 483 g/mol. The third-order valence-corrected chi connectivity index (χ3v) is 8.22. The van der Waals surface area contributed by atoms with Crippen LogP contribution in [0.25, 0.3) is 22.0 Å². The topological polar surface area (TPSA) is 45.6 Å². The predicted molar refractivity (Wildman–Crippen MR) is 149 cm³/mol. The van der Waals surface area contributed by atoms with Crippen LogP contribution in [0.2, 0.25) is 0 Å². The number of thioether (sulfide) groups is 1. The van der Waals surface area contributed by atoms with Crippen LogP contribution in [0.15, 0.2) is 83.9 Å². The summed E-state index contributed by atoms with van der Waals surface area (Å²) in [6.07, 6.45) is 3.52. The predicted octanol–water partition coefficient (Wildman–Crippen LogP) is 6.82. The van der Waals surface area contributed by atoms with E-state index in [1.807, 2.05) is 24.4 Å². The van der Waals surface area contributed by atoms with Crippen LogP contribution in [-0.4, -0.2) is 53.2 Å². The van der Waals surface area contributed by atoms with Crippen LogP contribution in [0.5, 0.6) is 11.5 Å². The van der Waals surface area contributed by atoms with Crippen LogP contribution in [0.3, 0.4) is 0 Å².